The van der Waals surface area contributed by atoms with Crippen molar-refractivity contribution in [1.29, 1.82) is 0 Å². The van der Waals surface area contributed by atoms with E-state index in [4.69, 9.17) is 4.74 Å². The van der Waals surface area contributed by atoms with Crippen molar-refractivity contribution in [2.45, 2.75) is 43.2 Å². The maximum absolute atomic E-state index is 13.4. The molecule has 11 heteroatoms. The van der Waals surface area contributed by atoms with E-state index in [2.05, 4.69) is 10.1 Å². The number of carboxylic acids is 1. The van der Waals surface area contributed by atoms with E-state index in [1.165, 1.54) is 22.6 Å². The second-order valence-corrected chi connectivity index (χ2v) is 9.73. The molecule has 9 nitrogen and oxygen atoms in total. The summed E-state index contributed by atoms with van der Waals surface area (Å²) in [5.41, 5.74) is 1.14. The summed E-state index contributed by atoms with van der Waals surface area (Å²) in [7, 11) is -3.93. The van der Waals surface area contributed by atoms with Gasteiger partial charge in [0.25, 0.3) is 0 Å². The van der Waals surface area contributed by atoms with Crippen LogP contribution in [0.2, 0.25) is 0 Å². The molecule has 1 N–H and O–H groups in total. The van der Waals surface area contributed by atoms with Crippen molar-refractivity contribution in [1.82, 2.24) is 19.1 Å². The van der Waals surface area contributed by atoms with Crippen molar-refractivity contribution in [2.75, 3.05) is 19.8 Å². The fourth-order valence-electron chi connectivity index (χ4n) is 4.32. The molecule has 33 heavy (non-hydrogen) atoms. The lowest BCUT2D eigenvalue weighted by Crippen LogP contribution is -2.36. The van der Waals surface area contributed by atoms with Crippen molar-refractivity contribution in [3.05, 3.63) is 48.3 Å². The first-order valence-corrected chi connectivity index (χ1v) is 12.1. The smallest absolute Gasteiger partial charge is 0.309 e. The lowest BCUT2D eigenvalue weighted by atomic mass is 10.1. The van der Waals surface area contributed by atoms with E-state index in [1.54, 1.807) is 23.7 Å². The Bertz CT molecular complexity index is 1250. The molecule has 176 valence electrons. The molecule has 1 aromatic carbocycles. The standard InChI is InChI=1S/C22H25FN4O5S/c1-2-32-21-8-7-17(13-24-21)33(30,31)26-14-16(11-15(26)9-10-23)27-20-6-4-3-5-18(20)19(25-27)12-22(28)29/h3-8,13,15-16H,2,9-12,14H2,1H3,(H,28,29)/t15-,16+/m0/s1. The summed E-state index contributed by atoms with van der Waals surface area (Å²) in [4.78, 5) is 15.3. The number of pyridine rings is 1. The van der Waals surface area contributed by atoms with E-state index in [1.807, 2.05) is 12.1 Å². The summed E-state index contributed by atoms with van der Waals surface area (Å²) in [5.74, 6) is -0.677. The number of rotatable bonds is 9. The first-order chi connectivity index (χ1) is 15.8. The topological polar surface area (TPSA) is 115 Å². The van der Waals surface area contributed by atoms with Crippen molar-refractivity contribution in [3.8, 4) is 5.88 Å². The number of nitrogens with zero attached hydrogens (tertiary/aromatic N) is 4. The molecule has 0 amide bonds. The lowest BCUT2D eigenvalue weighted by Gasteiger charge is -2.23. The number of aliphatic carboxylic acids is 1. The highest BCUT2D eigenvalue weighted by atomic mass is 32.2. The number of fused-ring (bicyclic) bond motifs is 1. The lowest BCUT2D eigenvalue weighted by molar-refractivity contribution is -0.136. The molecule has 4 rings (SSSR count). The normalized spacial score (nSPS) is 19.2. The molecule has 1 fully saturated rings. The summed E-state index contributed by atoms with van der Waals surface area (Å²) in [6, 6.07) is 9.25. The van der Waals surface area contributed by atoms with Gasteiger partial charge in [0.2, 0.25) is 15.9 Å². The average Bonchev–Trinajstić information content (AvgIpc) is 3.37. The molecule has 1 aliphatic rings. The quantitative estimate of drug-likeness (QED) is 0.505. The molecule has 3 aromatic rings. The molecule has 0 spiro atoms. The first-order valence-electron chi connectivity index (χ1n) is 10.7. The highest BCUT2D eigenvalue weighted by molar-refractivity contribution is 7.89. The predicted molar refractivity (Wildman–Crippen MR) is 118 cm³/mol. The Morgan fingerprint density at radius 1 is 1.27 bits per heavy atom. The molecule has 0 bridgehead atoms. The molecular weight excluding hydrogens is 451 g/mol. The van der Waals surface area contributed by atoms with E-state index in [-0.39, 0.29) is 30.3 Å². The molecule has 2 aromatic heterocycles. The molecular formula is C22H25FN4O5S. The molecule has 3 heterocycles. The Kier molecular flexibility index (Phi) is 6.61. The number of para-hydroxylation sites is 1. The third-order valence-electron chi connectivity index (χ3n) is 5.75. The highest BCUT2D eigenvalue weighted by Crippen LogP contribution is 2.36. The Hall–Kier alpha value is -3.05. The molecule has 2 atom stereocenters. The van der Waals surface area contributed by atoms with Gasteiger partial charge in [-0.1, -0.05) is 18.2 Å². The van der Waals surface area contributed by atoms with Crippen molar-refractivity contribution in [2.24, 2.45) is 0 Å². The fourth-order valence-corrected chi connectivity index (χ4v) is 5.97. The summed E-state index contributed by atoms with van der Waals surface area (Å²) in [5, 5.41) is 14.5. The second kappa shape index (κ2) is 9.44. The van der Waals surface area contributed by atoms with E-state index < -0.39 is 28.7 Å². The minimum absolute atomic E-state index is 0.00681. The van der Waals surface area contributed by atoms with Gasteiger partial charge in [-0.05, 0) is 31.9 Å². The van der Waals surface area contributed by atoms with Gasteiger partial charge >= 0.3 is 5.97 Å². The number of aromatic nitrogens is 3. The molecule has 0 unspecified atom stereocenters. The Labute approximate surface area is 190 Å². The van der Waals surface area contributed by atoms with Gasteiger partial charge in [0, 0.05) is 24.0 Å². The van der Waals surface area contributed by atoms with Gasteiger partial charge < -0.3 is 9.84 Å². The minimum Gasteiger partial charge on any atom is -0.481 e. The summed E-state index contributed by atoms with van der Waals surface area (Å²) >= 11 is 0. The van der Waals surface area contributed by atoms with Gasteiger partial charge in [-0.25, -0.2) is 13.4 Å². The number of hydrogen-bond donors (Lipinski definition) is 1. The zero-order chi connectivity index (χ0) is 23.6. The van der Waals surface area contributed by atoms with Crippen LogP contribution in [-0.2, 0) is 21.2 Å². The number of ether oxygens (including phenoxy) is 1. The van der Waals surface area contributed by atoms with Crippen LogP contribution in [0.1, 0.15) is 31.5 Å². The maximum Gasteiger partial charge on any atom is 0.309 e. The SMILES string of the molecule is CCOc1ccc(S(=O)(=O)N2C[C@H](n3nc(CC(=O)O)c4ccccc43)C[C@@H]2CCF)cn1. The number of halogens is 1. The summed E-state index contributed by atoms with van der Waals surface area (Å²) in [6.07, 6.45) is 1.43. The van der Waals surface area contributed by atoms with Gasteiger partial charge in [-0.15, -0.1) is 0 Å². The zero-order valence-corrected chi connectivity index (χ0v) is 18.9. The Morgan fingerprint density at radius 3 is 2.73 bits per heavy atom. The van der Waals surface area contributed by atoms with Crippen molar-refractivity contribution < 1.29 is 27.4 Å². The zero-order valence-electron chi connectivity index (χ0n) is 18.1. The van der Waals surface area contributed by atoms with Gasteiger partial charge in [0.15, 0.2) is 0 Å². The third-order valence-corrected chi connectivity index (χ3v) is 7.65. The monoisotopic (exact) mass is 476 g/mol. The van der Waals surface area contributed by atoms with Crippen LogP contribution < -0.4 is 4.74 Å². The second-order valence-electron chi connectivity index (χ2n) is 7.84. The maximum atomic E-state index is 13.4. The van der Waals surface area contributed by atoms with Gasteiger partial charge in [0.1, 0.15) is 4.90 Å². The molecule has 1 aliphatic heterocycles. The average molecular weight is 477 g/mol. The fraction of sp³-hybridized carbons (Fsp3) is 0.409. The highest BCUT2D eigenvalue weighted by Gasteiger charge is 2.41. The van der Waals surface area contributed by atoms with Gasteiger partial charge in [-0.3, -0.25) is 13.9 Å². The van der Waals surface area contributed by atoms with E-state index in [9.17, 15) is 22.7 Å². The molecule has 0 saturated carbocycles. The largest absolute Gasteiger partial charge is 0.481 e. The van der Waals surface area contributed by atoms with Crippen LogP contribution in [0, 0.1) is 0 Å². The number of hydrogen-bond acceptors (Lipinski definition) is 6. The number of benzene rings is 1. The summed E-state index contributed by atoms with van der Waals surface area (Å²) in [6.45, 7) is 1.65. The molecule has 1 saturated heterocycles. The van der Waals surface area contributed by atoms with Gasteiger partial charge in [-0.2, -0.15) is 9.40 Å². The molecule has 0 radical (unpaired) electrons. The van der Waals surface area contributed by atoms with Crippen LogP contribution in [0.3, 0.4) is 0 Å². The van der Waals surface area contributed by atoms with Crippen LogP contribution in [0.4, 0.5) is 4.39 Å². The van der Waals surface area contributed by atoms with Crippen LogP contribution in [0.25, 0.3) is 10.9 Å². The first kappa shape index (κ1) is 23.1. The van der Waals surface area contributed by atoms with Crippen LogP contribution in [-0.4, -0.2) is 64.4 Å². The van der Waals surface area contributed by atoms with Crippen LogP contribution in [0.5, 0.6) is 5.88 Å². The van der Waals surface area contributed by atoms with E-state index >= 15 is 0 Å². The van der Waals surface area contributed by atoms with Gasteiger partial charge in [0.05, 0.1) is 43.2 Å². The van der Waals surface area contributed by atoms with Crippen LogP contribution >= 0.6 is 0 Å². The number of carbonyl (C=O) groups is 1. The minimum atomic E-state index is -3.93. The summed E-state index contributed by atoms with van der Waals surface area (Å²) < 4.78 is 48.4. The molecule has 0 aliphatic carbocycles. The Morgan fingerprint density at radius 2 is 2.06 bits per heavy atom. The van der Waals surface area contributed by atoms with Crippen molar-refractivity contribution >= 4 is 26.9 Å². The van der Waals surface area contributed by atoms with E-state index in [0.717, 1.165) is 5.52 Å². The number of alkyl halides is 1. The predicted octanol–water partition coefficient (Wildman–Crippen LogP) is 2.82. The van der Waals surface area contributed by atoms with E-state index in [0.29, 0.717) is 30.0 Å². The number of carboxylic acid groups (broad SMARTS) is 1. The third kappa shape index (κ3) is 4.55. The number of sulfonamides is 1. The van der Waals surface area contributed by atoms with Crippen molar-refractivity contribution in [3.63, 3.8) is 0 Å². The Balaban J connectivity index is 1.68. The van der Waals surface area contributed by atoms with Crippen LogP contribution in [0.15, 0.2) is 47.5 Å².